The van der Waals surface area contributed by atoms with E-state index in [9.17, 15) is 4.79 Å². The highest BCUT2D eigenvalue weighted by atomic mass is 35.5. The van der Waals surface area contributed by atoms with Gasteiger partial charge in [-0.3, -0.25) is 4.90 Å². The number of ether oxygens (including phenoxy) is 1. The van der Waals surface area contributed by atoms with Crippen LogP contribution in [0, 0.1) is 0 Å². The minimum Gasteiger partial charge on any atom is -0.462 e. The number of fused-ring (bicyclic) bond motifs is 1. The van der Waals surface area contributed by atoms with E-state index in [1.54, 1.807) is 11.3 Å². The van der Waals surface area contributed by atoms with Gasteiger partial charge in [0, 0.05) is 37.6 Å². The minimum atomic E-state index is -0.239. The summed E-state index contributed by atoms with van der Waals surface area (Å²) in [4.78, 5) is 18.8. The number of anilines is 1. The molecule has 1 fully saturated rings. The molecule has 2 aliphatic rings. The van der Waals surface area contributed by atoms with Crippen LogP contribution in [0.5, 0.6) is 0 Å². The summed E-state index contributed by atoms with van der Waals surface area (Å²) in [6.07, 6.45) is 6.70. The Hall–Kier alpha value is -1.38. The number of esters is 1. The van der Waals surface area contributed by atoms with Crippen LogP contribution >= 0.6 is 46.8 Å². The average molecular weight is 541 g/mol. The van der Waals surface area contributed by atoms with Gasteiger partial charge in [0.05, 0.1) is 22.2 Å². The Kier molecular flexibility index (Phi) is 9.10. The van der Waals surface area contributed by atoms with Crippen LogP contribution in [0.4, 0.5) is 5.00 Å². The lowest BCUT2D eigenvalue weighted by molar-refractivity contribution is 0.0526. The largest absolute Gasteiger partial charge is 0.462 e. The van der Waals surface area contributed by atoms with Gasteiger partial charge in [-0.1, -0.05) is 42.1 Å². The molecule has 2 heterocycles. The fourth-order valence-corrected chi connectivity index (χ4v) is 6.55. The maximum Gasteiger partial charge on any atom is 0.341 e. The molecule has 0 spiro atoms. The molecular formula is C25H31Cl2N3O2S2. The number of benzene rings is 1. The Balaban J connectivity index is 1.41. The van der Waals surface area contributed by atoms with E-state index in [0.29, 0.717) is 27.3 Å². The molecule has 1 aromatic carbocycles. The number of aryl methyl sites for hydroxylation is 1. The molecule has 0 unspecified atom stereocenters. The van der Waals surface area contributed by atoms with Gasteiger partial charge < -0.3 is 15.0 Å². The number of carbonyl (C=O) groups excluding carboxylic acids is 1. The lowest BCUT2D eigenvalue weighted by Crippen LogP contribution is -2.49. The molecule has 9 heteroatoms. The van der Waals surface area contributed by atoms with E-state index in [-0.39, 0.29) is 5.97 Å². The van der Waals surface area contributed by atoms with E-state index < -0.39 is 0 Å². The van der Waals surface area contributed by atoms with Crippen molar-refractivity contribution in [1.29, 1.82) is 0 Å². The highest BCUT2D eigenvalue weighted by molar-refractivity contribution is 7.80. The molecule has 1 aromatic heterocycles. The first-order valence-corrected chi connectivity index (χ1v) is 14.0. The maximum atomic E-state index is 12.9. The van der Waals surface area contributed by atoms with Crippen LogP contribution in [0.1, 0.15) is 59.0 Å². The number of thiocarbonyl (C=S) groups is 1. The number of hydrogen-bond acceptors (Lipinski definition) is 5. The summed E-state index contributed by atoms with van der Waals surface area (Å²) in [6.45, 7) is 6.49. The average Bonchev–Trinajstić information content (AvgIpc) is 3.12. The number of carbonyl (C=O) groups is 1. The van der Waals surface area contributed by atoms with Crippen molar-refractivity contribution in [3.8, 4) is 0 Å². The van der Waals surface area contributed by atoms with Crippen molar-refractivity contribution in [2.24, 2.45) is 0 Å². The zero-order valence-electron chi connectivity index (χ0n) is 19.5. The van der Waals surface area contributed by atoms with Gasteiger partial charge in [-0.05, 0) is 68.1 Å². The fraction of sp³-hybridized carbons (Fsp3) is 0.520. The molecule has 0 amide bonds. The summed E-state index contributed by atoms with van der Waals surface area (Å²) >= 11 is 19.7. The van der Waals surface area contributed by atoms with Crippen molar-refractivity contribution in [3.05, 3.63) is 49.8 Å². The lowest BCUT2D eigenvalue weighted by atomic mass is 9.96. The molecule has 0 radical (unpaired) electrons. The molecule has 4 rings (SSSR count). The zero-order chi connectivity index (χ0) is 24.1. The number of halogens is 2. The van der Waals surface area contributed by atoms with Gasteiger partial charge >= 0.3 is 5.97 Å². The van der Waals surface area contributed by atoms with Gasteiger partial charge in [0.25, 0.3) is 0 Å². The van der Waals surface area contributed by atoms with Crippen LogP contribution < -0.4 is 5.32 Å². The van der Waals surface area contributed by atoms with E-state index in [0.717, 1.165) is 62.6 Å². The molecule has 0 saturated carbocycles. The predicted molar refractivity (Wildman–Crippen MR) is 146 cm³/mol. The topological polar surface area (TPSA) is 44.8 Å². The monoisotopic (exact) mass is 539 g/mol. The van der Waals surface area contributed by atoms with E-state index in [4.69, 9.17) is 40.2 Å². The molecule has 0 bridgehead atoms. The third-order valence-electron chi connectivity index (χ3n) is 6.42. The quantitative estimate of drug-likeness (QED) is 0.350. The van der Waals surface area contributed by atoms with Crippen molar-refractivity contribution in [3.63, 3.8) is 0 Å². The first-order chi connectivity index (χ1) is 16.5. The second-order valence-corrected chi connectivity index (χ2v) is 11.1. The van der Waals surface area contributed by atoms with E-state index in [1.807, 2.05) is 25.1 Å². The molecule has 1 aliphatic heterocycles. The van der Waals surface area contributed by atoms with E-state index in [1.165, 1.54) is 29.7 Å². The van der Waals surface area contributed by atoms with E-state index >= 15 is 0 Å². The first kappa shape index (κ1) is 25.7. The summed E-state index contributed by atoms with van der Waals surface area (Å²) < 4.78 is 5.43. The van der Waals surface area contributed by atoms with Crippen LogP contribution in [-0.2, 0) is 24.1 Å². The van der Waals surface area contributed by atoms with Gasteiger partial charge in [0.15, 0.2) is 5.11 Å². The number of hydrogen-bond donors (Lipinski definition) is 1. The van der Waals surface area contributed by atoms with Crippen LogP contribution in [0.15, 0.2) is 18.2 Å². The molecular weight excluding hydrogens is 509 g/mol. The van der Waals surface area contributed by atoms with Crippen LogP contribution in [0.2, 0.25) is 10.0 Å². The van der Waals surface area contributed by atoms with Crippen molar-refractivity contribution in [2.45, 2.75) is 52.0 Å². The maximum absolute atomic E-state index is 12.9. The second kappa shape index (κ2) is 12.0. The summed E-state index contributed by atoms with van der Waals surface area (Å²) in [7, 11) is 0. The number of nitrogens with one attached hydrogen (secondary N) is 1. The molecule has 1 N–H and O–H groups in total. The molecule has 184 valence electrons. The Labute approximate surface area is 221 Å². The number of thiophene rings is 1. The first-order valence-electron chi connectivity index (χ1n) is 12.0. The number of piperazine rings is 1. The van der Waals surface area contributed by atoms with Gasteiger partial charge in [0.1, 0.15) is 5.00 Å². The molecule has 1 saturated heterocycles. The van der Waals surface area contributed by atoms with Crippen molar-refractivity contribution in [1.82, 2.24) is 9.80 Å². The second-order valence-electron chi connectivity index (χ2n) is 8.78. The van der Waals surface area contributed by atoms with Crippen molar-refractivity contribution in [2.75, 3.05) is 38.1 Å². The number of rotatable bonds is 5. The Morgan fingerprint density at radius 3 is 2.53 bits per heavy atom. The number of nitrogens with zero attached hydrogens (tertiary/aromatic N) is 2. The Morgan fingerprint density at radius 1 is 1.09 bits per heavy atom. The zero-order valence-corrected chi connectivity index (χ0v) is 22.6. The Bertz CT molecular complexity index is 1040. The van der Waals surface area contributed by atoms with Crippen LogP contribution in [-0.4, -0.2) is 53.7 Å². The van der Waals surface area contributed by atoms with Gasteiger partial charge in [-0.15, -0.1) is 11.3 Å². The molecule has 5 nitrogen and oxygen atoms in total. The Morgan fingerprint density at radius 2 is 1.82 bits per heavy atom. The van der Waals surface area contributed by atoms with Gasteiger partial charge in [0.2, 0.25) is 0 Å². The summed E-state index contributed by atoms with van der Waals surface area (Å²) in [5.74, 6) is -0.239. The molecule has 2 aromatic rings. The van der Waals surface area contributed by atoms with Crippen molar-refractivity contribution >= 4 is 62.8 Å². The smallest absolute Gasteiger partial charge is 0.341 e. The highest BCUT2D eigenvalue weighted by Crippen LogP contribution is 2.38. The van der Waals surface area contributed by atoms with Crippen molar-refractivity contribution < 1.29 is 9.53 Å². The SMILES string of the molecule is CCOC(=O)c1c(NC(=S)N2CCN(Cc3ccc(Cl)c(Cl)c3)CC2)sc2c1CCCCCC2. The highest BCUT2D eigenvalue weighted by Gasteiger charge is 2.27. The van der Waals surface area contributed by atoms with E-state index in [2.05, 4.69) is 15.1 Å². The van der Waals surface area contributed by atoms with Gasteiger partial charge in [-0.2, -0.15) is 0 Å². The third-order valence-corrected chi connectivity index (χ3v) is 8.73. The van der Waals surface area contributed by atoms with Gasteiger partial charge in [-0.25, -0.2) is 4.79 Å². The normalized spacial score (nSPS) is 17.0. The molecule has 0 atom stereocenters. The van der Waals surface area contributed by atoms with Crippen LogP contribution in [0.25, 0.3) is 0 Å². The molecule has 1 aliphatic carbocycles. The summed E-state index contributed by atoms with van der Waals surface area (Å²) in [5, 5.41) is 6.10. The third kappa shape index (κ3) is 6.24. The predicted octanol–water partition coefficient (Wildman–Crippen LogP) is 6.41. The standard InChI is InChI=1S/C25H31Cl2N3O2S2/c1-2-32-24(31)22-18-7-5-3-4-6-8-21(18)34-23(22)28-25(33)30-13-11-29(12-14-30)16-17-9-10-19(26)20(27)15-17/h9-10,15H,2-8,11-14,16H2,1H3,(H,28,33). The summed E-state index contributed by atoms with van der Waals surface area (Å²) in [6, 6.07) is 5.80. The lowest BCUT2D eigenvalue weighted by Gasteiger charge is -2.36. The fourth-order valence-electron chi connectivity index (χ4n) is 4.61. The molecule has 34 heavy (non-hydrogen) atoms. The summed E-state index contributed by atoms with van der Waals surface area (Å²) in [5.41, 5.74) is 3.02. The van der Waals surface area contributed by atoms with Crippen LogP contribution in [0.3, 0.4) is 0 Å². The minimum absolute atomic E-state index is 0.239.